The molecule has 228 valence electrons. The Balaban J connectivity index is 1.19. The average molecular weight is 644 g/mol. The Kier molecular flexibility index (Phi) is 5.51. The third-order valence-corrected chi connectivity index (χ3v) is 11.0. The van der Waals surface area contributed by atoms with Gasteiger partial charge in [-0.2, -0.15) is 0 Å². The third kappa shape index (κ3) is 3.85. The summed E-state index contributed by atoms with van der Waals surface area (Å²) in [6.07, 6.45) is 0. The average Bonchev–Trinajstić information content (AvgIpc) is 3.83. The zero-order chi connectivity index (χ0) is 32.1. The summed E-state index contributed by atoms with van der Waals surface area (Å²) >= 11 is 1.75. The van der Waals surface area contributed by atoms with Gasteiger partial charge in [-0.1, -0.05) is 109 Å². The Hall–Kier alpha value is -6.30. The molecule has 11 aromatic rings. The molecule has 0 amide bonds. The van der Waals surface area contributed by atoms with Crippen LogP contribution in [0.15, 0.2) is 156 Å². The molecule has 0 radical (unpaired) electrons. The molecule has 0 aliphatic rings. The summed E-state index contributed by atoms with van der Waals surface area (Å²) in [4.78, 5) is 10.7. The van der Waals surface area contributed by atoms with E-state index in [1.165, 1.54) is 31.9 Å². The third-order valence-electron chi connectivity index (χ3n) is 9.82. The molecule has 0 aliphatic carbocycles. The maximum atomic E-state index is 6.67. The van der Waals surface area contributed by atoms with Crippen molar-refractivity contribution in [3.8, 4) is 28.3 Å². The van der Waals surface area contributed by atoms with Crippen LogP contribution in [-0.4, -0.2) is 14.5 Å². The van der Waals surface area contributed by atoms with Gasteiger partial charge in [0.05, 0.1) is 26.9 Å². The fraction of sp³-hybridized carbons (Fsp3) is 0. The molecule has 7 aromatic carbocycles. The van der Waals surface area contributed by atoms with Crippen LogP contribution in [0, 0.1) is 0 Å². The van der Waals surface area contributed by atoms with Crippen molar-refractivity contribution >= 4 is 86.2 Å². The summed E-state index contributed by atoms with van der Waals surface area (Å²) in [7, 11) is 0. The zero-order valence-corrected chi connectivity index (χ0v) is 26.9. The minimum Gasteiger partial charge on any atom is -0.456 e. The monoisotopic (exact) mass is 643 g/mol. The summed E-state index contributed by atoms with van der Waals surface area (Å²) in [5.41, 5.74) is 9.07. The van der Waals surface area contributed by atoms with E-state index in [0.29, 0.717) is 0 Å². The molecule has 0 fully saturated rings. The molecular formula is C44H25N3OS. The molecule has 0 N–H and O–H groups in total. The van der Waals surface area contributed by atoms with Crippen LogP contribution in [0.5, 0.6) is 0 Å². The predicted octanol–water partition coefficient (Wildman–Crippen LogP) is 12.3. The van der Waals surface area contributed by atoms with Gasteiger partial charge in [0, 0.05) is 54.5 Å². The maximum Gasteiger partial charge on any atom is 0.161 e. The maximum absolute atomic E-state index is 6.67. The smallest absolute Gasteiger partial charge is 0.161 e. The van der Waals surface area contributed by atoms with Crippen LogP contribution in [0.2, 0.25) is 0 Å². The molecule has 0 unspecified atom stereocenters. The minimum absolute atomic E-state index is 0.723. The molecule has 49 heavy (non-hydrogen) atoms. The van der Waals surface area contributed by atoms with E-state index < -0.39 is 0 Å². The topological polar surface area (TPSA) is 43.9 Å². The van der Waals surface area contributed by atoms with Crippen LogP contribution in [0.4, 0.5) is 0 Å². The number of hydrogen-bond donors (Lipinski definition) is 0. The second-order valence-corrected chi connectivity index (χ2v) is 13.6. The highest BCUT2D eigenvalue weighted by Crippen LogP contribution is 2.44. The fourth-order valence-electron chi connectivity index (χ4n) is 7.67. The van der Waals surface area contributed by atoms with E-state index in [1.807, 2.05) is 0 Å². The zero-order valence-electron chi connectivity index (χ0n) is 26.1. The number of rotatable bonds is 3. The van der Waals surface area contributed by atoms with Crippen molar-refractivity contribution in [2.75, 3.05) is 0 Å². The Morgan fingerprint density at radius 3 is 2.02 bits per heavy atom. The van der Waals surface area contributed by atoms with Gasteiger partial charge in [-0.3, -0.25) is 0 Å². The number of nitrogens with zero attached hydrogens (tertiary/aromatic N) is 3. The molecule has 0 saturated carbocycles. The van der Waals surface area contributed by atoms with E-state index in [4.69, 9.17) is 14.4 Å². The SMILES string of the molecule is c1ccc2c(-c3nc(-c4cccc5oc6cc(-n7c8ccccc8c8ccccc87)ccc6c45)c4sc5ccccc5c4n3)cccc2c1. The molecule has 5 heteroatoms. The summed E-state index contributed by atoms with van der Waals surface area (Å²) in [6, 6.07) is 53.5. The first-order valence-corrected chi connectivity index (χ1v) is 17.2. The van der Waals surface area contributed by atoms with Crippen LogP contribution in [0.3, 0.4) is 0 Å². The fourth-order valence-corrected chi connectivity index (χ4v) is 8.81. The van der Waals surface area contributed by atoms with Crippen molar-refractivity contribution in [1.29, 1.82) is 0 Å². The molecule has 4 heterocycles. The van der Waals surface area contributed by atoms with Crippen molar-refractivity contribution < 1.29 is 4.42 Å². The standard InChI is InChI=1S/C44H25N3OS/c1-2-13-28-26(11-1)12-9-17-31(28)44-45-41-33-16-5-8-22-39(33)49-43(41)42(46-44)34-18-10-21-37-40(34)32-24-23-27(25-38(32)48-37)47-35-19-6-3-14-29(35)30-15-4-7-20-36(30)47/h1-25H. The van der Waals surface area contributed by atoms with E-state index in [2.05, 4.69) is 156 Å². The molecule has 0 aliphatic heterocycles. The van der Waals surface area contributed by atoms with Gasteiger partial charge in [0.1, 0.15) is 11.2 Å². The number of aromatic nitrogens is 3. The van der Waals surface area contributed by atoms with Gasteiger partial charge in [-0.15, -0.1) is 11.3 Å². The minimum atomic E-state index is 0.723. The van der Waals surface area contributed by atoms with Crippen molar-refractivity contribution in [3.05, 3.63) is 152 Å². The number of para-hydroxylation sites is 2. The van der Waals surface area contributed by atoms with Gasteiger partial charge in [-0.05, 0) is 47.2 Å². The van der Waals surface area contributed by atoms with Gasteiger partial charge in [-0.25, -0.2) is 9.97 Å². The first kappa shape index (κ1) is 26.7. The number of fused-ring (bicyclic) bond motifs is 10. The second kappa shape index (κ2) is 10.1. The van der Waals surface area contributed by atoms with Gasteiger partial charge >= 0.3 is 0 Å². The lowest BCUT2D eigenvalue weighted by Crippen LogP contribution is -1.95. The lowest BCUT2D eigenvalue weighted by atomic mass is 10.0. The van der Waals surface area contributed by atoms with Crippen molar-refractivity contribution in [2.45, 2.75) is 0 Å². The number of hydrogen-bond acceptors (Lipinski definition) is 4. The van der Waals surface area contributed by atoms with Crippen molar-refractivity contribution in [1.82, 2.24) is 14.5 Å². The lowest BCUT2D eigenvalue weighted by Gasteiger charge is -2.10. The van der Waals surface area contributed by atoms with Crippen LogP contribution in [-0.2, 0) is 0 Å². The quantitative estimate of drug-likeness (QED) is 0.192. The molecule has 4 nitrogen and oxygen atoms in total. The lowest BCUT2D eigenvalue weighted by molar-refractivity contribution is 0.668. The summed E-state index contributed by atoms with van der Waals surface area (Å²) in [5, 5.41) is 8.06. The Morgan fingerprint density at radius 2 is 1.18 bits per heavy atom. The second-order valence-electron chi connectivity index (χ2n) is 12.5. The summed E-state index contributed by atoms with van der Waals surface area (Å²) in [6.45, 7) is 0. The largest absolute Gasteiger partial charge is 0.456 e. The number of benzene rings is 7. The van der Waals surface area contributed by atoms with Crippen molar-refractivity contribution in [3.63, 3.8) is 0 Å². The van der Waals surface area contributed by atoms with E-state index in [1.54, 1.807) is 11.3 Å². The molecular weight excluding hydrogens is 619 g/mol. The van der Waals surface area contributed by atoms with Gasteiger partial charge < -0.3 is 8.98 Å². The van der Waals surface area contributed by atoms with Crippen LogP contribution in [0.25, 0.3) is 103 Å². The number of furan rings is 1. The molecule has 4 aromatic heterocycles. The Bertz CT molecular complexity index is 3070. The summed E-state index contributed by atoms with van der Waals surface area (Å²) in [5.74, 6) is 0.723. The van der Waals surface area contributed by atoms with E-state index >= 15 is 0 Å². The number of thiophene rings is 1. The van der Waals surface area contributed by atoms with E-state index in [9.17, 15) is 0 Å². The molecule has 0 atom stereocenters. The molecule has 0 spiro atoms. The summed E-state index contributed by atoms with van der Waals surface area (Å²) < 4.78 is 11.3. The first-order valence-electron chi connectivity index (χ1n) is 16.4. The van der Waals surface area contributed by atoms with Crippen LogP contribution < -0.4 is 0 Å². The van der Waals surface area contributed by atoms with E-state index in [-0.39, 0.29) is 0 Å². The molecule has 0 bridgehead atoms. The Labute approximate surface area is 284 Å². The highest BCUT2D eigenvalue weighted by Gasteiger charge is 2.22. The van der Waals surface area contributed by atoms with E-state index in [0.717, 1.165) is 71.3 Å². The Morgan fingerprint density at radius 1 is 0.510 bits per heavy atom. The van der Waals surface area contributed by atoms with Crippen LogP contribution >= 0.6 is 11.3 Å². The highest BCUT2D eigenvalue weighted by molar-refractivity contribution is 7.26. The molecule has 11 rings (SSSR count). The van der Waals surface area contributed by atoms with Crippen LogP contribution in [0.1, 0.15) is 0 Å². The van der Waals surface area contributed by atoms with Crippen molar-refractivity contribution in [2.24, 2.45) is 0 Å². The van der Waals surface area contributed by atoms with Gasteiger partial charge in [0.15, 0.2) is 5.82 Å². The highest BCUT2D eigenvalue weighted by atomic mass is 32.1. The normalized spacial score (nSPS) is 12.1. The van der Waals surface area contributed by atoms with Gasteiger partial charge in [0.2, 0.25) is 0 Å². The molecule has 0 saturated heterocycles. The van der Waals surface area contributed by atoms with Gasteiger partial charge in [0.25, 0.3) is 0 Å². The predicted molar refractivity (Wildman–Crippen MR) is 205 cm³/mol. The first-order chi connectivity index (χ1) is 24.3.